The molecule has 1 fully saturated rings. The average Bonchev–Trinajstić information content (AvgIpc) is 3.28. The van der Waals surface area contributed by atoms with Crippen LogP contribution in [0.15, 0.2) is 29.2 Å². The first-order valence-corrected chi connectivity index (χ1v) is 10.9. The summed E-state index contributed by atoms with van der Waals surface area (Å²) < 4.78 is 41.6. The Kier molecular flexibility index (Phi) is 6.22. The van der Waals surface area contributed by atoms with Crippen molar-refractivity contribution in [1.29, 1.82) is 0 Å². The third-order valence-corrected chi connectivity index (χ3v) is 7.05. The predicted octanol–water partition coefficient (Wildman–Crippen LogP) is 1.08. The number of aromatic nitrogens is 2. The highest BCUT2D eigenvalue weighted by Gasteiger charge is 2.39. The zero-order valence-corrected chi connectivity index (χ0v) is 17.8. The molecule has 0 bridgehead atoms. The Morgan fingerprint density at radius 1 is 1.23 bits per heavy atom. The molecule has 2 N–H and O–H groups in total. The number of nitrogens with zero attached hydrogens (tertiary/aromatic N) is 3. The van der Waals surface area contributed by atoms with Gasteiger partial charge in [-0.3, -0.25) is 14.3 Å². The second-order valence-corrected chi connectivity index (χ2v) is 9.05. The van der Waals surface area contributed by atoms with Gasteiger partial charge in [0.05, 0.1) is 28.5 Å². The van der Waals surface area contributed by atoms with Crippen molar-refractivity contribution in [3.05, 3.63) is 41.5 Å². The Balaban J connectivity index is 1.64. The molecule has 2 aromatic rings. The number of aryl methyl sites for hydroxylation is 2. The molecule has 3 rings (SSSR count). The number of benzene rings is 1. The van der Waals surface area contributed by atoms with Gasteiger partial charge in [-0.1, -0.05) is 0 Å². The lowest BCUT2D eigenvalue weighted by atomic mass is 10.2. The summed E-state index contributed by atoms with van der Waals surface area (Å²) in [5.41, 5.74) is 2.01. The van der Waals surface area contributed by atoms with Crippen molar-refractivity contribution >= 4 is 27.5 Å². The number of anilines is 1. The van der Waals surface area contributed by atoms with E-state index in [1.165, 1.54) is 12.1 Å². The fraction of sp³-hybridized carbons (Fsp3) is 0.421. The molecule has 30 heavy (non-hydrogen) atoms. The summed E-state index contributed by atoms with van der Waals surface area (Å²) in [4.78, 5) is 24.8. The SMILES string of the molecule is Cc1nn(C)c(C)c1NC(=O)CNC(=O)[C@H]1CCCN1S(=O)(=O)c1ccc(F)cc1. The average molecular weight is 437 g/mol. The molecular formula is C19H24FN5O4S. The highest BCUT2D eigenvalue weighted by Crippen LogP contribution is 2.26. The number of hydrogen-bond donors (Lipinski definition) is 2. The molecule has 1 atom stereocenters. The lowest BCUT2D eigenvalue weighted by molar-refractivity contribution is -0.126. The van der Waals surface area contributed by atoms with Gasteiger partial charge >= 0.3 is 0 Å². The monoisotopic (exact) mass is 437 g/mol. The molecule has 9 nitrogen and oxygen atoms in total. The van der Waals surface area contributed by atoms with Crippen LogP contribution in [-0.4, -0.2) is 53.4 Å². The first-order valence-electron chi connectivity index (χ1n) is 9.46. The number of amides is 2. The van der Waals surface area contributed by atoms with Crippen LogP contribution in [0.2, 0.25) is 0 Å². The predicted molar refractivity (Wildman–Crippen MR) is 108 cm³/mol. The number of carbonyl (C=O) groups excluding carboxylic acids is 2. The van der Waals surface area contributed by atoms with E-state index in [4.69, 9.17) is 0 Å². The second kappa shape index (κ2) is 8.52. The molecule has 2 amide bonds. The molecule has 1 aromatic heterocycles. The van der Waals surface area contributed by atoms with Gasteiger partial charge in [0.2, 0.25) is 21.8 Å². The summed E-state index contributed by atoms with van der Waals surface area (Å²) in [5.74, 6) is -1.53. The number of nitrogens with one attached hydrogen (secondary N) is 2. The van der Waals surface area contributed by atoms with Crippen LogP contribution in [0.1, 0.15) is 24.2 Å². The molecule has 2 heterocycles. The zero-order chi connectivity index (χ0) is 22.1. The van der Waals surface area contributed by atoms with Crippen molar-refractivity contribution in [2.75, 3.05) is 18.4 Å². The van der Waals surface area contributed by atoms with Gasteiger partial charge in [-0.15, -0.1) is 0 Å². The minimum atomic E-state index is -3.95. The van der Waals surface area contributed by atoms with Gasteiger partial charge in [-0.05, 0) is 51.0 Å². The number of rotatable bonds is 6. The van der Waals surface area contributed by atoms with Crippen molar-refractivity contribution in [1.82, 2.24) is 19.4 Å². The van der Waals surface area contributed by atoms with Crippen LogP contribution in [0.5, 0.6) is 0 Å². The fourth-order valence-corrected chi connectivity index (χ4v) is 5.11. The maximum atomic E-state index is 13.1. The first-order chi connectivity index (χ1) is 14.1. The lowest BCUT2D eigenvalue weighted by Crippen LogP contribution is -2.47. The van der Waals surface area contributed by atoms with E-state index in [1.54, 1.807) is 18.7 Å². The van der Waals surface area contributed by atoms with E-state index in [1.807, 2.05) is 6.92 Å². The summed E-state index contributed by atoms with van der Waals surface area (Å²) >= 11 is 0. The van der Waals surface area contributed by atoms with Gasteiger partial charge in [0.1, 0.15) is 11.9 Å². The van der Waals surface area contributed by atoms with E-state index in [-0.39, 0.29) is 18.0 Å². The van der Waals surface area contributed by atoms with Gasteiger partial charge in [0.25, 0.3) is 0 Å². The Bertz CT molecular complexity index is 1070. The van der Waals surface area contributed by atoms with Gasteiger partial charge in [0.15, 0.2) is 0 Å². The van der Waals surface area contributed by atoms with E-state index in [9.17, 15) is 22.4 Å². The minimum absolute atomic E-state index is 0.0797. The normalized spacial score (nSPS) is 17.1. The number of halogens is 1. The number of hydrogen-bond acceptors (Lipinski definition) is 5. The summed E-state index contributed by atoms with van der Waals surface area (Å²) in [6.45, 7) is 3.45. The molecule has 0 radical (unpaired) electrons. The van der Waals surface area contributed by atoms with Crippen molar-refractivity contribution in [3.8, 4) is 0 Å². The maximum absolute atomic E-state index is 13.1. The minimum Gasteiger partial charge on any atom is -0.346 e. The first kappa shape index (κ1) is 21.9. The summed E-state index contributed by atoms with van der Waals surface area (Å²) in [6, 6.07) is 3.54. The Morgan fingerprint density at radius 3 is 2.50 bits per heavy atom. The number of sulfonamides is 1. The van der Waals surface area contributed by atoms with Crippen LogP contribution in [0.3, 0.4) is 0 Å². The highest BCUT2D eigenvalue weighted by atomic mass is 32.2. The van der Waals surface area contributed by atoms with Crippen LogP contribution < -0.4 is 10.6 Å². The number of carbonyl (C=O) groups is 2. The van der Waals surface area contributed by atoms with Gasteiger partial charge in [-0.2, -0.15) is 9.40 Å². The maximum Gasteiger partial charge on any atom is 0.243 e. The third-order valence-electron chi connectivity index (χ3n) is 5.12. The van der Waals surface area contributed by atoms with Crippen molar-refractivity contribution in [3.63, 3.8) is 0 Å². The molecule has 1 saturated heterocycles. The van der Waals surface area contributed by atoms with E-state index in [2.05, 4.69) is 15.7 Å². The molecule has 1 aliphatic rings. The van der Waals surface area contributed by atoms with E-state index >= 15 is 0 Å². The molecule has 1 aromatic carbocycles. The van der Waals surface area contributed by atoms with Crippen LogP contribution >= 0.6 is 0 Å². The Labute approximate surface area is 174 Å². The molecular weight excluding hydrogens is 413 g/mol. The van der Waals surface area contributed by atoms with Crippen LogP contribution in [0, 0.1) is 19.7 Å². The Hall–Kier alpha value is -2.79. The largest absolute Gasteiger partial charge is 0.346 e. The van der Waals surface area contributed by atoms with E-state index in [0.717, 1.165) is 22.1 Å². The standard InChI is InChI=1S/C19H24FN5O4S/c1-12-18(13(2)24(3)23-12)22-17(26)11-21-19(27)16-5-4-10-25(16)30(28,29)15-8-6-14(20)7-9-15/h6-9,16H,4-5,10-11H2,1-3H3,(H,21,27)(H,22,26)/t16-/m1/s1. The molecule has 0 unspecified atom stereocenters. The van der Waals surface area contributed by atoms with Crippen LogP contribution in [0.4, 0.5) is 10.1 Å². The quantitative estimate of drug-likeness (QED) is 0.702. The zero-order valence-electron chi connectivity index (χ0n) is 17.0. The highest BCUT2D eigenvalue weighted by molar-refractivity contribution is 7.89. The molecule has 0 saturated carbocycles. The van der Waals surface area contributed by atoms with Gasteiger partial charge in [-0.25, -0.2) is 12.8 Å². The van der Waals surface area contributed by atoms with Gasteiger partial charge in [0, 0.05) is 13.6 Å². The summed E-state index contributed by atoms with van der Waals surface area (Å²) in [6.07, 6.45) is 0.855. The van der Waals surface area contributed by atoms with Crippen LogP contribution in [-0.2, 0) is 26.7 Å². The topological polar surface area (TPSA) is 113 Å². The lowest BCUT2D eigenvalue weighted by Gasteiger charge is -2.23. The molecule has 11 heteroatoms. The van der Waals surface area contributed by atoms with Crippen molar-refractivity contribution in [2.24, 2.45) is 7.05 Å². The fourth-order valence-electron chi connectivity index (χ4n) is 3.46. The summed E-state index contributed by atoms with van der Waals surface area (Å²) in [7, 11) is -2.19. The van der Waals surface area contributed by atoms with Crippen LogP contribution in [0.25, 0.3) is 0 Å². The molecule has 162 valence electrons. The third kappa shape index (κ3) is 4.36. The molecule has 0 spiro atoms. The smallest absolute Gasteiger partial charge is 0.243 e. The summed E-state index contributed by atoms with van der Waals surface area (Å²) in [5, 5.41) is 9.43. The molecule has 1 aliphatic heterocycles. The molecule has 0 aliphatic carbocycles. The second-order valence-electron chi connectivity index (χ2n) is 7.16. The van der Waals surface area contributed by atoms with Gasteiger partial charge < -0.3 is 10.6 Å². The van der Waals surface area contributed by atoms with Crippen molar-refractivity contribution in [2.45, 2.75) is 37.6 Å². The van der Waals surface area contributed by atoms with E-state index < -0.39 is 33.7 Å². The van der Waals surface area contributed by atoms with Crippen molar-refractivity contribution < 1.29 is 22.4 Å². The Morgan fingerprint density at radius 2 is 1.90 bits per heavy atom. The van der Waals surface area contributed by atoms with E-state index in [0.29, 0.717) is 24.2 Å².